The van der Waals surface area contributed by atoms with Gasteiger partial charge in [0.15, 0.2) is 0 Å². The van der Waals surface area contributed by atoms with Gasteiger partial charge in [-0.2, -0.15) is 0 Å². The van der Waals surface area contributed by atoms with Crippen molar-refractivity contribution in [2.45, 2.75) is 0 Å². The van der Waals surface area contributed by atoms with Gasteiger partial charge in [0, 0.05) is 5.56 Å². The summed E-state index contributed by atoms with van der Waals surface area (Å²) in [5.41, 5.74) is 3.20. The molecular weight excluding hydrogens is 246 g/mol. The zero-order chi connectivity index (χ0) is 12.4. The van der Waals surface area contributed by atoms with E-state index < -0.39 is 0 Å². The van der Waals surface area contributed by atoms with E-state index in [0.29, 0.717) is 5.28 Å². The number of hydrogen-bond donors (Lipinski definition) is 0. The summed E-state index contributed by atoms with van der Waals surface area (Å²) >= 11 is 6.02. The van der Waals surface area contributed by atoms with Gasteiger partial charge in [-0.05, 0) is 23.2 Å². The van der Waals surface area contributed by atoms with Crippen molar-refractivity contribution in [3.05, 3.63) is 66.2 Å². The maximum atomic E-state index is 6.02. The molecule has 0 saturated carbocycles. The van der Waals surface area contributed by atoms with Crippen molar-refractivity contribution in [3.63, 3.8) is 0 Å². The lowest BCUT2D eigenvalue weighted by atomic mass is 10.0. The molecule has 3 rings (SSSR count). The number of nitrogens with zero attached hydrogens (tertiary/aromatic N) is 3. The smallest absolute Gasteiger partial charge is 0.229 e. The van der Waals surface area contributed by atoms with E-state index in [1.807, 2.05) is 36.4 Å². The van der Waals surface area contributed by atoms with E-state index in [9.17, 15) is 0 Å². The lowest BCUT2D eigenvalue weighted by Crippen LogP contribution is -1.95. The highest BCUT2D eigenvalue weighted by Gasteiger charge is 2.09. The van der Waals surface area contributed by atoms with E-state index >= 15 is 0 Å². The van der Waals surface area contributed by atoms with E-state index in [-0.39, 0.29) is 0 Å². The molecule has 1 aromatic heterocycles. The molecule has 0 fully saturated rings. The second-order valence-corrected chi connectivity index (χ2v) is 4.19. The minimum Gasteiger partial charge on any atom is -0.272 e. The molecule has 0 saturated heterocycles. The van der Waals surface area contributed by atoms with Crippen molar-refractivity contribution in [3.8, 4) is 16.8 Å². The minimum atomic E-state index is 0.360. The Labute approximate surface area is 110 Å². The summed E-state index contributed by atoms with van der Waals surface area (Å²) in [6.45, 7) is 0. The van der Waals surface area contributed by atoms with E-state index in [0.717, 1.165) is 16.8 Å². The third-order valence-electron chi connectivity index (χ3n) is 2.75. The zero-order valence-corrected chi connectivity index (χ0v) is 10.2. The van der Waals surface area contributed by atoms with Gasteiger partial charge in [-0.25, -0.2) is 0 Å². The van der Waals surface area contributed by atoms with Gasteiger partial charge in [0.05, 0.1) is 5.69 Å². The first kappa shape index (κ1) is 11.0. The van der Waals surface area contributed by atoms with Crippen molar-refractivity contribution in [1.29, 1.82) is 0 Å². The van der Waals surface area contributed by atoms with Crippen LogP contribution < -0.4 is 0 Å². The first-order valence-electron chi connectivity index (χ1n) is 5.56. The molecule has 4 heteroatoms. The number of aromatic nitrogens is 3. The largest absolute Gasteiger partial charge is 0.272 e. The van der Waals surface area contributed by atoms with Crippen LogP contribution in [-0.4, -0.2) is 14.8 Å². The van der Waals surface area contributed by atoms with Crippen molar-refractivity contribution >= 4 is 11.6 Å². The van der Waals surface area contributed by atoms with Gasteiger partial charge >= 0.3 is 0 Å². The summed E-state index contributed by atoms with van der Waals surface area (Å²) in [5, 5.41) is 7.98. The fourth-order valence-electron chi connectivity index (χ4n) is 1.93. The van der Waals surface area contributed by atoms with Crippen LogP contribution in [0.4, 0.5) is 0 Å². The Balaban J connectivity index is 2.21. The molecule has 0 bridgehead atoms. The molecule has 0 N–H and O–H groups in total. The van der Waals surface area contributed by atoms with Crippen molar-refractivity contribution in [2.75, 3.05) is 0 Å². The molecule has 0 aliphatic heterocycles. The third kappa shape index (κ3) is 1.89. The fourth-order valence-corrected chi connectivity index (χ4v) is 2.11. The van der Waals surface area contributed by atoms with Gasteiger partial charge in [0.1, 0.15) is 6.33 Å². The fraction of sp³-hybridized carbons (Fsp3) is 0. The molecule has 0 spiro atoms. The molecule has 0 amide bonds. The van der Waals surface area contributed by atoms with Crippen molar-refractivity contribution in [2.24, 2.45) is 0 Å². The van der Waals surface area contributed by atoms with Gasteiger partial charge in [-0.1, -0.05) is 48.5 Å². The second-order valence-electron chi connectivity index (χ2n) is 3.85. The first-order valence-corrected chi connectivity index (χ1v) is 5.94. The predicted octanol–water partition coefficient (Wildman–Crippen LogP) is 3.59. The predicted molar refractivity (Wildman–Crippen MR) is 71.8 cm³/mol. The zero-order valence-electron chi connectivity index (χ0n) is 9.49. The molecule has 0 unspecified atom stereocenters. The van der Waals surface area contributed by atoms with Crippen LogP contribution in [0.3, 0.4) is 0 Å². The monoisotopic (exact) mass is 255 g/mol. The highest BCUT2D eigenvalue weighted by molar-refractivity contribution is 6.28. The molecule has 3 aromatic rings. The normalized spacial score (nSPS) is 10.5. The summed E-state index contributed by atoms with van der Waals surface area (Å²) in [4.78, 5) is 0. The van der Waals surface area contributed by atoms with Crippen molar-refractivity contribution < 1.29 is 0 Å². The van der Waals surface area contributed by atoms with E-state index in [4.69, 9.17) is 11.6 Å². The molecule has 0 radical (unpaired) electrons. The topological polar surface area (TPSA) is 30.7 Å². The van der Waals surface area contributed by atoms with Crippen LogP contribution >= 0.6 is 11.6 Å². The summed E-state index contributed by atoms with van der Waals surface area (Å²) in [5.74, 6) is 0. The maximum Gasteiger partial charge on any atom is 0.229 e. The van der Waals surface area contributed by atoms with Crippen LogP contribution in [-0.2, 0) is 0 Å². The van der Waals surface area contributed by atoms with Crippen molar-refractivity contribution in [1.82, 2.24) is 14.8 Å². The van der Waals surface area contributed by atoms with Crippen LogP contribution in [0.15, 0.2) is 60.9 Å². The van der Waals surface area contributed by atoms with Gasteiger partial charge in [0.25, 0.3) is 0 Å². The Kier molecular flexibility index (Phi) is 2.82. The highest BCUT2D eigenvalue weighted by atomic mass is 35.5. The van der Waals surface area contributed by atoms with Crippen LogP contribution in [0.2, 0.25) is 5.28 Å². The molecule has 2 aromatic carbocycles. The molecule has 3 nitrogen and oxygen atoms in total. The van der Waals surface area contributed by atoms with Crippen LogP contribution in [0.1, 0.15) is 0 Å². The Hall–Kier alpha value is -2.13. The summed E-state index contributed by atoms with van der Waals surface area (Å²) in [6, 6.07) is 18.2. The Morgan fingerprint density at radius 2 is 1.61 bits per heavy atom. The summed E-state index contributed by atoms with van der Waals surface area (Å²) in [7, 11) is 0. The van der Waals surface area contributed by atoms with E-state index in [2.05, 4.69) is 28.4 Å². The summed E-state index contributed by atoms with van der Waals surface area (Å²) < 4.78 is 1.77. The first-order chi connectivity index (χ1) is 8.86. The lowest BCUT2D eigenvalue weighted by molar-refractivity contribution is 1.06. The maximum absolute atomic E-state index is 6.02. The highest BCUT2D eigenvalue weighted by Crippen LogP contribution is 2.27. The molecule has 1 heterocycles. The molecule has 0 atom stereocenters. The molecule has 18 heavy (non-hydrogen) atoms. The quantitative estimate of drug-likeness (QED) is 0.701. The Bertz CT molecular complexity index is 662. The molecule has 88 valence electrons. The molecular formula is C14H10ClN3. The third-order valence-corrected chi connectivity index (χ3v) is 3.01. The van der Waals surface area contributed by atoms with E-state index in [1.54, 1.807) is 10.9 Å². The summed E-state index contributed by atoms with van der Waals surface area (Å²) in [6.07, 6.45) is 1.62. The SMILES string of the molecule is Clc1nncn1-c1ccccc1-c1ccccc1. The number of halogens is 1. The van der Waals surface area contributed by atoms with Gasteiger partial charge in [-0.15, -0.1) is 10.2 Å². The minimum absolute atomic E-state index is 0.360. The number of rotatable bonds is 2. The average molecular weight is 256 g/mol. The number of hydrogen-bond acceptors (Lipinski definition) is 2. The van der Waals surface area contributed by atoms with E-state index in [1.165, 1.54) is 0 Å². The Morgan fingerprint density at radius 1 is 0.889 bits per heavy atom. The van der Waals surface area contributed by atoms with Gasteiger partial charge in [0.2, 0.25) is 5.28 Å². The number of para-hydroxylation sites is 1. The second kappa shape index (κ2) is 4.63. The van der Waals surface area contributed by atoms with Gasteiger partial charge in [-0.3, -0.25) is 4.57 Å². The van der Waals surface area contributed by atoms with Crippen LogP contribution in [0, 0.1) is 0 Å². The van der Waals surface area contributed by atoms with Crippen LogP contribution in [0.25, 0.3) is 16.8 Å². The lowest BCUT2D eigenvalue weighted by Gasteiger charge is -2.10. The van der Waals surface area contributed by atoms with Crippen LogP contribution in [0.5, 0.6) is 0 Å². The molecule has 0 aliphatic rings. The standard InChI is InChI=1S/C14H10ClN3/c15-14-17-16-10-18(14)13-9-5-4-8-12(13)11-6-2-1-3-7-11/h1-10H. The Morgan fingerprint density at radius 3 is 2.33 bits per heavy atom. The number of benzene rings is 2. The molecule has 0 aliphatic carbocycles. The average Bonchev–Trinajstić information content (AvgIpc) is 2.86. The van der Waals surface area contributed by atoms with Gasteiger partial charge < -0.3 is 0 Å².